The van der Waals surface area contributed by atoms with E-state index in [0.29, 0.717) is 24.9 Å². The van der Waals surface area contributed by atoms with Gasteiger partial charge in [0.05, 0.1) is 0 Å². The molecule has 1 heterocycles. The molecule has 18 heavy (non-hydrogen) atoms. The van der Waals surface area contributed by atoms with Crippen LogP contribution in [0.5, 0.6) is 0 Å². The first-order valence-corrected chi connectivity index (χ1v) is 7.13. The van der Waals surface area contributed by atoms with E-state index in [1.807, 2.05) is 11.8 Å². The highest BCUT2D eigenvalue weighted by atomic mass is 16.5. The van der Waals surface area contributed by atoms with Gasteiger partial charge in [-0.25, -0.2) is 0 Å². The Bertz CT molecular complexity index is 244. The Morgan fingerprint density at radius 1 is 1.44 bits per heavy atom. The van der Waals surface area contributed by atoms with Gasteiger partial charge in [-0.15, -0.1) is 0 Å². The first-order chi connectivity index (χ1) is 8.63. The molecule has 1 atom stereocenters. The first kappa shape index (κ1) is 15.4. The number of hydrogen-bond acceptors (Lipinski definition) is 3. The van der Waals surface area contributed by atoms with Gasteiger partial charge in [-0.1, -0.05) is 0 Å². The Labute approximate surface area is 111 Å². The molecular weight excluding hydrogens is 228 g/mol. The lowest BCUT2D eigenvalue weighted by Crippen LogP contribution is -2.29. The third-order valence-electron chi connectivity index (χ3n) is 3.51. The minimum absolute atomic E-state index is 0.307. The van der Waals surface area contributed by atoms with Crippen molar-refractivity contribution in [1.29, 1.82) is 0 Å². The molecule has 4 heteroatoms. The average Bonchev–Trinajstić information content (AvgIpc) is 2.80. The van der Waals surface area contributed by atoms with Gasteiger partial charge in [0.25, 0.3) is 0 Å². The van der Waals surface area contributed by atoms with Crippen molar-refractivity contribution in [3.05, 3.63) is 0 Å². The minimum atomic E-state index is 0.307. The third-order valence-corrected chi connectivity index (χ3v) is 3.51. The van der Waals surface area contributed by atoms with Gasteiger partial charge in [0.1, 0.15) is 0 Å². The fraction of sp³-hybridized carbons (Fsp3) is 0.929. The molecular formula is C14H28N2O2. The molecule has 4 nitrogen and oxygen atoms in total. The predicted molar refractivity (Wildman–Crippen MR) is 73.6 cm³/mol. The molecule has 0 N–H and O–H groups in total. The van der Waals surface area contributed by atoms with Crippen LogP contribution in [-0.2, 0) is 9.53 Å². The van der Waals surface area contributed by atoms with Crippen molar-refractivity contribution in [3.63, 3.8) is 0 Å². The standard InChI is InChI=1S/C14H28N2O2/c1-4-18-11-5-6-14(17)16-10-8-13(12-16)7-9-15(2)3/h13H,4-12H2,1-3H3. The van der Waals surface area contributed by atoms with Gasteiger partial charge in [0, 0.05) is 32.7 Å². The van der Waals surface area contributed by atoms with Crippen LogP contribution in [0.4, 0.5) is 0 Å². The second-order valence-corrected chi connectivity index (χ2v) is 5.39. The van der Waals surface area contributed by atoms with Crippen molar-refractivity contribution in [1.82, 2.24) is 9.80 Å². The molecule has 0 aliphatic carbocycles. The van der Waals surface area contributed by atoms with Crippen molar-refractivity contribution >= 4 is 5.91 Å². The van der Waals surface area contributed by atoms with E-state index >= 15 is 0 Å². The van der Waals surface area contributed by atoms with E-state index in [1.165, 1.54) is 12.8 Å². The molecule has 0 spiro atoms. The third kappa shape index (κ3) is 5.83. The molecule has 1 amide bonds. The lowest BCUT2D eigenvalue weighted by atomic mass is 10.1. The van der Waals surface area contributed by atoms with Crippen LogP contribution in [0, 0.1) is 5.92 Å². The van der Waals surface area contributed by atoms with E-state index in [-0.39, 0.29) is 0 Å². The zero-order valence-corrected chi connectivity index (χ0v) is 12.2. The van der Waals surface area contributed by atoms with Crippen LogP contribution < -0.4 is 0 Å². The molecule has 0 radical (unpaired) electrons. The van der Waals surface area contributed by atoms with E-state index in [9.17, 15) is 4.79 Å². The maximum absolute atomic E-state index is 12.0. The minimum Gasteiger partial charge on any atom is -0.382 e. The average molecular weight is 256 g/mol. The Morgan fingerprint density at radius 2 is 2.22 bits per heavy atom. The summed E-state index contributed by atoms with van der Waals surface area (Å²) in [6.45, 7) is 6.46. The number of likely N-dealkylation sites (tertiary alicyclic amines) is 1. The topological polar surface area (TPSA) is 32.8 Å². The van der Waals surface area contributed by atoms with Crippen molar-refractivity contribution in [2.75, 3.05) is 46.9 Å². The Morgan fingerprint density at radius 3 is 2.89 bits per heavy atom. The van der Waals surface area contributed by atoms with Gasteiger partial charge < -0.3 is 14.5 Å². The van der Waals surface area contributed by atoms with Crippen LogP contribution >= 0.6 is 0 Å². The van der Waals surface area contributed by atoms with Crippen LogP contribution in [0.3, 0.4) is 0 Å². The molecule has 1 aliphatic heterocycles. The van der Waals surface area contributed by atoms with Crippen LogP contribution in [0.15, 0.2) is 0 Å². The van der Waals surface area contributed by atoms with Crippen molar-refractivity contribution in [2.24, 2.45) is 5.92 Å². The molecule has 1 rings (SSSR count). The highest BCUT2D eigenvalue weighted by Gasteiger charge is 2.25. The summed E-state index contributed by atoms with van der Waals surface area (Å²) in [6.07, 6.45) is 3.87. The number of hydrogen-bond donors (Lipinski definition) is 0. The van der Waals surface area contributed by atoms with Gasteiger partial charge >= 0.3 is 0 Å². The zero-order chi connectivity index (χ0) is 13.4. The van der Waals surface area contributed by atoms with E-state index in [2.05, 4.69) is 19.0 Å². The number of ether oxygens (including phenoxy) is 1. The fourth-order valence-electron chi connectivity index (χ4n) is 2.36. The number of rotatable bonds is 8. The van der Waals surface area contributed by atoms with Gasteiger partial charge in [-0.3, -0.25) is 4.79 Å². The summed E-state index contributed by atoms with van der Waals surface area (Å²) < 4.78 is 5.26. The van der Waals surface area contributed by atoms with Crippen molar-refractivity contribution < 1.29 is 9.53 Å². The van der Waals surface area contributed by atoms with Gasteiger partial charge in [-0.2, -0.15) is 0 Å². The second kappa shape index (κ2) is 8.48. The van der Waals surface area contributed by atoms with Crippen LogP contribution in [0.25, 0.3) is 0 Å². The number of carbonyl (C=O) groups excluding carboxylic acids is 1. The molecule has 1 aliphatic rings. The molecule has 0 aromatic heterocycles. The highest BCUT2D eigenvalue weighted by molar-refractivity contribution is 5.76. The summed E-state index contributed by atoms with van der Waals surface area (Å²) in [5.41, 5.74) is 0. The van der Waals surface area contributed by atoms with Gasteiger partial charge in [-0.05, 0) is 52.7 Å². The first-order valence-electron chi connectivity index (χ1n) is 7.13. The fourth-order valence-corrected chi connectivity index (χ4v) is 2.36. The Kier molecular flexibility index (Phi) is 7.28. The molecule has 0 aromatic carbocycles. The summed E-state index contributed by atoms with van der Waals surface area (Å²) >= 11 is 0. The van der Waals surface area contributed by atoms with Gasteiger partial charge in [0.15, 0.2) is 0 Å². The molecule has 0 aromatic rings. The van der Waals surface area contributed by atoms with E-state index in [0.717, 1.165) is 32.7 Å². The maximum Gasteiger partial charge on any atom is 0.222 e. The molecule has 1 fully saturated rings. The van der Waals surface area contributed by atoms with E-state index < -0.39 is 0 Å². The Balaban J connectivity index is 2.14. The maximum atomic E-state index is 12.0. The van der Waals surface area contributed by atoms with Crippen LogP contribution in [-0.4, -0.2) is 62.7 Å². The number of nitrogens with zero attached hydrogens (tertiary/aromatic N) is 2. The molecule has 1 unspecified atom stereocenters. The van der Waals surface area contributed by atoms with Crippen molar-refractivity contribution in [3.8, 4) is 0 Å². The summed E-state index contributed by atoms with van der Waals surface area (Å²) in [7, 11) is 4.21. The largest absolute Gasteiger partial charge is 0.382 e. The predicted octanol–water partition coefficient (Wildman–Crippen LogP) is 1.60. The molecule has 0 bridgehead atoms. The Hall–Kier alpha value is -0.610. The summed E-state index contributed by atoms with van der Waals surface area (Å²) in [5, 5.41) is 0. The second-order valence-electron chi connectivity index (χ2n) is 5.39. The lowest BCUT2D eigenvalue weighted by molar-refractivity contribution is -0.130. The SMILES string of the molecule is CCOCCCC(=O)N1CCC(CCN(C)C)C1. The summed E-state index contributed by atoms with van der Waals surface area (Å²) in [5.74, 6) is 1.00. The van der Waals surface area contributed by atoms with Gasteiger partial charge in [0.2, 0.25) is 5.91 Å². The zero-order valence-electron chi connectivity index (χ0n) is 12.2. The van der Waals surface area contributed by atoms with E-state index in [1.54, 1.807) is 0 Å². The highest BCUT2D eigenvalue weighted by Crippen LogP contribution is 2.20. The lowest BCUT2D eigenvalue weighted by Gasteiger charge is -2.17. The quantitative estimate of drug-likeness (QED) is 0.618. The molecule has 106 valence electrons. The molecule has 0 saturated carbocycles. The number of carbonyl (C=O) groups is 1. The summed E-state index contributed by atoms with van der Waals surface area (Å²) in [4.78, 5) is 16.2. The monoisotopic (exact) mass is 256 g/mol. The number of amides is 1. The van der Waals surface area contributed by atoms with E-state index in [4.69, 9.17) is 4.74 Å². The smallest absolute Gasteiger partial charge is 0.222 e. The molecule has 1 saturated heterocycles. The normalized spacial score (nSPS) is 19.8. The van der Waals surface area contributed by atoms with Crippen LogP contribution in [0.2, 0.25) is 0 Å². The van der Waals surface area contributed by atoms with Crippen LogP contribution in [0.1, 0.15) is 32.6 Å². The van der Waals surface area contributed by atoms with Crippen molar-refractivity contribution in [2.45, 2.75) is 32.6 Å². The summed E-state index contributed by atoms with van der Waals surface area (Å²) in [6, 6.07) is 0.